The number of carbonyl (C=O) groups is 1. The van der Waals surface area contributed by atoms with Crippen LogP contribution >= 0.6 is 0 Å². The van der Waals surface area contributed by atoms with Gasteiger partial charge in [0, 0.05) is 19.1 Å². The van der Waals surface area contributed by atoms with Gasteiger partial charge in [-0.3, -0.25) is 9.69 Å². The molecule has 4 nitrogen and oxygen atoms in total. The van der Waals surface area contributed by atoms with Crippen LogP contribution in [-0.2, 0) is 4.79 Å². The number of piperidine rings is 2. The number of rotatable bonds is 5. The van der Waals surface area contributed by atoms with Crippen molar-refractivity contribution in [2.45, 2.75) is 52.5 Å². The third kappa shape index (κ3) is 4.96. The van der Waals surface area contributed by atoms with Crippen LogP contribution in [0.25, 0.3) is 0 Å². The molecule has 2 fully saturated rings. The Bertz CT molecular complexity index is 318. The number of carbonyl (C=O) groups excluding carboxylic acids is 1. The Morgan fingerprint density at radius 3 is 2.38 bits per heavy atom. The highest BCUT2D eigenvalue weighted by Crippen LogP contribution is 2.21. The van der Waals surface area contributed by atoms with Crippen molar-refractivity contribution < 1.29 is 4.79 Å². The number of hydrogen-bond acceptors (Lipinski definition) is 3. The Hall–Kier alpha value is -0.610. The Kier molecular flexibility index (Phi) is 6.49. The van der Waals surface area contributed by atoms with E-state index in [4.69, 9.17) is 0 Å². The first-order valence-electron chi connectivity index (χ1n) is 8.82. The van der Waals surface area contributed by atoms with Crippen molar-refractivity contribution in [1.29, 1.82) is 0 Å². The van der Waals surface area contributed by atoms with Crippen LogP contribution in [0.3, 0.4) is 0 Å². The Balaban J connectivity index is 1.90. The van der Waals surface area contributed by atoms with Crippen LogP contribution < -0.4 is 5.32 Å². The summed E-state index contributed by atoms with van der Waals surface area (Å²) in [5, 5.41) is 3.42. The second-order valence-corrected chi connectivity index (χ2v) is 7.20. The minimum absolute atomic E-state index is 0.348. The summed E-state index contributed by atoms with van der Waals surface area (Å²) in [6.07, 6.45) is 4.75. The minimum atomic E-state index is 0.348. The fourth-order valence-corrected chi connectivity index (χ4v) is 3.99. The lowest BCUT2D eigenvalue weighted by Gasteiger charge is -2.38. The number of nitrogens with one attached hydrogen (secondary N) is 1. The van der Waals surface area contributed by atoms with Gasteiger partial charge in [0.2, 0.25) is 5.91 Å². The average Bonchev–Trinajstić information content (AvgIpc) is 2.46. The normalized spacial score (nSPS) is 28.1. The number of likely N-dealkylation sites (tertiary alicyclic amines) is 1. The molecule has 0 aromatic carbocycles. The summed E-state index contributed by atoms with van der Waals surface area (Å²) in [6.45, 7) is 12.5. The van der Waals surface area contributed by atoms with E-state index in [1.165, 1.54) is 19.3 Å². The van der Waals surface area contributed by atoms with Crippen LogP contribution in [0.2, 0.25) is 0 Å². The van der Waals surface area contributed by atoms with Gasteiger partial charge in [-0.1, -0.05) is 20.8 Å². The second kappa shape index (κ2) is 8.14. The molecule has 2 saturated heterocycles. The Morgan fingerprint density at radius 2 is 1.81 bits per heavy atom. The molecule has 21 heavy (non-hydrogen) atoms. The van der Waals surface area contributed by atoms with Gasteiger partial charge in [-0.25, -0.2) is 0 Å². The molecule has 2 heterocycles. The lowest BCUT2D eigenvalue weighted by molar-refractivity contribution is -0.135. The van der Waals surface area contributed by atoms with E-state index >= 15 is 0 Å². The van der Waals surface area contributed by atoms with Crippen LogP contribution in [0.15, 0.2) is 0 Å². The van der Waals surface area contributed by atoms with Crippen LogP contribution in [0.5, 0.6) is 0 Å². The van der Waals surface area contributed by atoms with Gasteiger partial charge in [0.05, 0.1) is 6.54 Å². The lowest BCUT2D eigenvalue weighted by atomic mass is 9.92. The number of hydrogen-bond donors (Lipinski definition) is 1. The molecule has 0 spiro atoms. The molecule has 1 amide bonds. The van der Waals surface area contributed by atoms with Crippen molar-refractivity contribution in [1.82, 2.24) is 15.1 Å². The highest BCUT2D eigenvalue weighted by atomic mass is 16.2. The van der Waals surface area contributed by atoms with Gasteiger partial charge in [0.25, 0.3) is 0 Å². The van der Waals surface area contributed by atoms with E-state index < -0.39 is 0 Å². The zero-order chi connectivity index (χ0) is 15.2. The number of amides is 1. The van der Waals surface area contributed by atoms with E-state index in [2.05, 4.69) is 35.9 Å². The average molecular weight is 295 g/mol. The highest BCUT2D eigenvalue weighted by molar-refractivity contribution is 5.78. The maximum Gasteiger partial charge on any atom is 0.236 e. The SMILES string of the molecule is CCCN(CC(=O)N1CC(C)CC(C)C1)C1CCNCC1. The zero-order valence-corrected chi connectivity index (χ0v) is 14.1. The van der Waals surface area contributed by atoms with Crippen molar-refractivity contribution in [2.75, 3.05) is 39.3 Å². The first kappa shape index (κ1) is 16.8. The molecule has 0 bridgehead atoms. The highest BCUT2D eigenvalue weighted by Gasteiger charge is 2.28. The molecule has 0 aliphatic carbocycles. The molecule has 2 rings (SSSR count). The molecule has 2 aliphatic heterocycles. The predicted molar refractivity (Wildman–Crippen MR) is 87.3 cm³/mol. The van der Waals surface area contributed by atoms with Crippen molar-refractivity contribution in [3.05, 3.63) is 0 Å². The van der Waals surface area contributed by atoms with Gasteiger partial charge < -0.3 is 10.2 Å². The van der Waals surface area contributed by atoms with E-state index in [0.29, 0.717) is 30.3 Å². The van der Waals surface area contributed by atoms with E-state index in [1.54, 1.807) is 0 Å². The summed E-state index contributed by atoms with van der Waals surface area (Å²) in [5.41, 5.74) is 0. The Labute approximate surface area is 130 Å². The van der Waals surface area contributed by atoms with Gasteiger partial charge in [-0.2, -0.15) is 0 Å². The molecule has 0 aromatic rings. The monoisotopic (exact) mass is 295 g/mol. The summed E-state index contributed by atoms with van der Waals surface area (Å²) < 4.78 is 0. The largest absolute Gasteiger partial charge is 0.341 e. The van der Waals surface area contributed by atoms with Gasteiger partial charge in [-0.05, 0) is 57.2 Å². The molecule has 1 N–H and O–H groups in total. The van der Waals surface area contributed by atoms with Gasteiger partial charge >= 0.3 is 0 Å². The van der Waals surface area contributed by atoms with Crippen molar-refractivity contribution in [3.63, 3.8) is 0 Å². The minimum Gasteiger partial charge on any atom is -0.341 e. The quantitative estimate of drug-likeness (QED) is 0.842. The van der Waals surface area contributed by atoms with E-state index in [-0.39, 0.29) is 0 Å². The van der Waals surface area contributed by atoms with Crippen LogP contribution in [0, 0.1) is 11.8 Å². The zero-order valence-electron chi connectivity index (χ0n) is 14.1. The third-order valence-electron chi connectivity index (χ3n) is 4.90. The van der Waals surface area contributed by atoms with E-state index in [9.17, 15) is 4.79 Å². The summed E-state index contributed by atoms with van der Waals surface area (Å²) >= 11 is 0. The molecule has 0 saturated carbocycles. The molecule has 2 unspecified atom stereocenters. The van der Waals surface area contributed by atoms with E-state index in [0.717, 1.165) is 39.1 Å². The van der Waals surface area contributed by atoms with Gasteiger partial charge in [-0.15, -0.1) is 0 Å². The molecule has 2 aliphatic rings. The molecular formula is C17H33N3O. The molecule has 0 aromatic heterocycles. The topological polar surface area (TPSA) is 35.6 Å². The summed E-state index contributed by atoms with van der Waals surface area (Å²) in [5.74, 6) is 1.65. The van der Waals surface area contributed by atoms with Crippen molar-refractivity contribution in [3.8, 4) is 0 Å². The van der Waals surface area contributed by atoms with Crippen LogP contribution in [0.1, 0.15) is 46.5 Å². The van der Waals surface area contributed by atoms with Gasteiger partial charge in [0.15, 0.2) is 0 Å². The number of nitrogens with zero attached hydrogens (tertiary/aromatic N) is 2. The lowest BCUT2D eigenvalue weighted by Crippen LogP contribution is -2.51. The maximum atomic E-state index is 12.7. The molecule has 2 atom stereocenters. The summed E-state index contributed by atoms with van der Waals surface area (Å²) in [7, 11) is 0. The van der Waals surface area contributed by atoms with E-state index in [1.807, 2.05) is 0 Å². The first-order chi connectivity index (χ1) is 10.1. The molecule has 0 radical (unpaired) electrons. The summed E-state index contributed by atoms with van der Waals surface area (Å²) in [6, 6.07) is 0.592. The van der Waals surface area contributed by atoms with Crippen molar-refractivity contribution in [2.24, 2.45) is 11.8 Å². The maximum absolute atomic E-state index is 12.7. The summed E-state index contributed by atoms with van der Waals surface area (Å²) in [4.78, 5) is 17.2. The Morgan fingerprint density at radius 1 is 1.19 bits per heavy atom. The van der Waals surface area contributed by atoms with Crippen LogP contribution in [-0.4, -0.2) is 61.0 Å². The molecular weight excluding hydrogens is 262 g/mol. The predicted octanol–water partition coefficient (Wildman–Crippen LogP) is 1.95. The standard InChI is InChI=1S/C17H33N3O/c1-4-9-19(16-5-7-18-8-6-16)13-17(21)20-11-14(2)10-15(3)12-20/h14-16,18H,4-13H2,1-3H3. The van der Waals surface area contributed by atoms with Gasteiger partial charge in [0.1, 0.15) is 0 Å². The smallest absolute Gasteiger partial charge is 0.236 e. The molecule has 122 valence electrons. The fraction of sp³-hybridized carbons (Fsp3) is 0.941. The van der Waals surface area contributed by atoms with Crippen molar-refractivity contribution >= 4 is 5.91 Å². The fourth-order valence-electron chi connectivity index (χ4n) is 3.99. The third-order valence-corrected chi connectivity index (χ3v) is 4.90. The second-order valence-electron chi connectivity index (χ2n) is 7.20. The first-order valence-corrected chi connectivity index (χ1v) is 8.82. The van der Waals surface area contributed by atoms with Crippen LogP contribution in [0.4, 0.5) is 0 Å². The molecule has 4 heteroatoms.